The van der Waals surface area contributed by atoms with Crippen molar-refractivity contribution in [1.82, 2.24) is 10.2 Å². The van der Waals surface area contributed by atoms with E-state index in [2.05, 4.69) is 19.2 Å². The van der Waals surface area contributed by atoms with E-state index in [4.69, 9.17) is 0 Å². The van der Waals surface area contributed by atoms with Gasteiger partial charge in [0.1, 0.15) is 0 Å². The molecule has 0 aromatic heterocycles. The van der Waals surface area contributed by atoms with Gasteiger partial charge in [-0.1, -0.05) is 32.1 Å². The molecule has 0 saturated heterocycles. The van der Waals surface area contributed by atoms with Gasteiger partial charge in [-0.05, 0) is 33.6 Å². The molecule has 0 aromatic rings. The van der Waals surface area contributed by atoms with E-state index in [0.29, 0.717) is 19.1 Å². The van der Waals surface area contributed by atoms with E-state index >= 15 is 0 Å². The summed E-state index contributed by atoms with van der Waals surface area (Å²) in [6, 6.07) is 0.621. The molecule has 1 unspecified atom stereocenters. The Bertz CT molecular complexity index is 272. The van der Waals surface area contributed by atoms with Crippen LogP contribution in [0.5, 0.6) is 0 Å². The van der Waals surface area contributed by atoms with Gasteiger partial charge in [0.2, 0.25) is 5.91 Å². The molecule has 1 amide bonds. The minimum absolute atomic E-state index is 0.102. The molecule has 1 aliphatic carbocycles. The molecule has 4 heteroatoms. The molecule has 20 heavy (non-hydrogen) atoms. The first-order valence-corrected chi connectivity index (χ1v) is 8.20. The largest absolute Gasteiger partial charge is 0.392 e. The molecule has 1 aliphatic rings. The highest BCUT2D eigenvalue weighted by molar-refractivity contribution is 5.78. The number of rotatable bonds is 6. The summed E-state index contributed by atoms with van der Waals surface area (Å²) >= 11 is 0. The summed E-state index contributed by atoms with van der Waals surface area (Å²) in [7, 11) is 0. The summed E-state index contributed by atoms with van der Waals surface area (Å²) in [5.74, 6) is 0.102. The first-order chi connectivity index (χ1) is 9.49. The average Bonchev–Trinajstić information content (AvgIpc) is 2.31. The van der Waals surface area contributed by atoms with Crippen LogP contribution in [0.25, 0.3) is 0 Å². The van der Waals surface area contributed by atoms with Crippen LogP contribution in [0.15, 0.2) is 0 Å². The number of amides is 1. The van der Waals surface area contributed by atoms with E-state index in [1.54, 1.807) is 6.92 Å². The van der Waals surface area contributed by atoms with Gasteiger partial charge in [0.25, 0.3) is 0 Å². The van der Waals surface area contributed by atoms with Crippen LogP contribution in [-0.2, 0) is 4.79 Å². The number of carbonyl (C=O) groups excluding carboxylic acids is 1. The van der Waals surface area contributed by atoms with E-state index in [0.717, 1.165) is 12.8 Å². The molecule has 2 N–H and O–H groups in total. The maximum absolute atomic E-state index is 12.2. The Balaban J connectivity index is 2.39. The standard InChI is InChI=1S/C16H32N2O2/c1-13(2)18(11-14(3)19)12-16(20)17-15-9-7-5-4-6-8-10-15/h13-15,19H,4-12H2,1-3H3,(H,17,20). The van der Waals surface area contributed by atoms with Gasteiger partial charge in [0.05, 0.1) is 12.6 Å². The molecule has 1 saturated carbocycles. The van der Waals surface area contributed by atoms with Crippen molar-refractivity contribution < 1.29 is 9.90 Å². The summed E-state index contributed by atoms with van der Waals surface area (Å²) in [5, 5.41) is 12.7. The number of aliphatic hydroxyl groups excluding tert-OH is 1. The number of hydrogen-bond donors (Lipinski definition) is 2. The molecule has 0 aliphatic heterocycles. The van der Waals surface area contributed by atoms with Gasteiger partial charge >= 0.3 is 0 Å². The fourth-order valence-electron chi connectivity index (χ4n) is 2.86. The fourth-order valence-corrected chi connectivity index (χ4v) is 2.86. The van der Waals surface area contributed by atoms with Crippen LogP contribution >= 0.6 is 0 Å². The second-order valence-electron chi connectivity index (χ2n) is 6.48. The number of carbonyl (C=O) groups is 1. The monoisotopic (exact) mass is 284 g/mol. The van der Waals surface area contributed by atoms with Crippen LogP contribution in [0.1, 0.15) is 65.7 Å². The lowest BCUT2D eigenvalue weighted by Crippen LogP contribution is -2.46. The van der Waals surface area contributed by atoms with Crippen molar-refractivity contribution in [3.8, 4) is 0 Å². The number of nitrogens with one attached hydrogen (secondary N) is 1. The van der Waals surface area contributed by atoms with Crippen LogP contribution in [0.3, 0.4) is 0 Å². The maximum atomic E-state index is 12.2. The van der Waals surface area contributed by atoms with Gasteiger partial charge in [-0.2, -0.15) is 0 Å². The lowest BCUT2D eigenvalue weighted by Gasteiger charge is -2.28. The van der Waals surface area contributed by atoms with E-state index in [-0.39, 0.29) is 11.9 Å². The van der Waals surface area contributed by atoms with Crippen LogP contribution < -0.4 is 5.32 Å². The Morgan fingerprint density at radius 3 is 2.20 bits per heavy atom. The topological polar surface area (TPSA) is 52.6 Å². The molecule has 1 rings (SSSR count). The normalized spacial score (nSPS) is 19.7. The minimum Gasteiger partial charge on any atom is -0.392 e. The molecule has 4 nitrogen and oxygen atoms in total. The Morgan fingerprint density at radius 1 is 1.15 bits per heavy atom. The zero-order valence-corrected chi connectivity index (χ0v) is 13.4. The summed E-state index contributed by atoms with van der Waals surface area (Å²) in [5.41, 5.74) is 0. The fraction of sp³-hybridized carbons (Fsp3) is 0.938. The van der Waals surface area contributed by atoms with Gasteiger partial charge < -0.3 is 10.4 Å². The molecule has 118 valence electrons. The Hall–Kier alpha value is -0.610. The van der Waals surface area contributed by atoms with E-state index in [9.17, 15) is 9.90 Å². The van der Waals surface area contributed by atoms with Crippen molar-refractivity contribution in [2.24, 2.45) is 0 Å². The third-order valence-corrected chi connectivity index (χ3v) is 4.05. The summed E-state index contributed by atoms with van der Waals surface area (Å²) in [6.07, 6.45) is 8.23. The van der Waals surface area contributed by atoms with Crippen molar-refractivity contribution in [2.75, 3.05) is 13.1 Å². The minimum atomic E-state index is -0.397. The smallest absolute Gasteiger partial charge is 0.234 e. The van der Waals surface area contributed by atoms with Gasteiger partial charge in [-0.25, -0.2) is 0 Å². The molecule has 1 fully saturated rings. The second-order valence-corrected chi connectivity index (χ2v) is 6.48. The number of hydrogen-bond acceptors (Lipinski definition) is 3. The third-order valence-electron chi connectivity index (χ3n) is 4.05. The van der Waals surface area contributed by atoms with E-state index in [1.165, 1.54) is 32.1 Å². The van der Waals surface area contributed by atoms with Crippen molar-refractivity contribution in [2.45, 2.75) is 83.9 Å². The summed E-state index contributed by atoms with van der Waals surface area (Å²) < 4.78 is 0. The molecule has 0 bridgehead atoms. The first-order valence-electron chi connectivity index (χ1n) is 8.20. The SMILES string of the molecule is CC(O)CN(CC(=O)NC1CCCCCCC1)C(C)C. The van der Waals surface area contributed by atoms with Crippen molar-refractivity contribution in [1.29, 1.82) is 0 Å². The van der Waals surface area contributed by atoms with Crippen LogP contribution in [0.4, 0.5) is 0 Å². The Morgan fingerprint density at radius 2 is 1.70 bits per heavy atom. The number of aliphatic hydroxyl groups is 1. The molecule has 1 atom stereocenters. The van der Waals surface area contributed by atoms with Crippen LogP contribution in [0, 0.1) is 0 Å². The van der Waals surface area contributed by atoms with Gasteiger partial charge in [0.15, 0.2) is 0 Å². The van der Waals surface area contributed by atoms with Gasteiger partial charge in [0, 0.05) is 18.6 Å². The quantitative estimate of drug-likeness (QED) is 0.787. The van der Waals surface area contributed by atoms with Gasteiger partial charge in [-0.3, -0.25) is 9.69 Å². The molecule has 0 radical (unpaired) electrons. The van der Waals surface area contributed by atoms with Crippen LogP contribution in [-0.4, -0.2) is 47.2 Å². The summed E-state index contributed by atoms with van der Waals surface area (Å²) in [4.78, 5) is 14.2. The molecule has 0 aromatic carbocycles. The lowest BCUT2D eigenvalue weighted by molar-refractivity contribution is -0.123. The van der Waals surface area contributed by atoms with Crippen molar-refractivity contribution in [3.05, 3.63) is 0 Å². The Labute approximate surface area is 123 Å². The molecular formula is C16H32N2O2. The predicted molar refractivity (Wildman–Crippen MR) is 82.6 cm³/mol. The molecule has 0 heterocycles. The van der Waals surface area contributed by atoms with Crippen molar-refractivity contribution in [3.63, 3.8) is 0 Å². The third kappa shape index (κ3) is 7.25. The lowest BCUT2D eigenvalue weighted by atomic mass is 9.97. The van der Waals surface area contributed by atoms with Crippen molar-refractivity contribution >= 4 is 5.91 Å². The zero-order chi connectivity index (χ0) is 15.0. The average molecular weight is 284 g/mol. The highest BCUT2D eigenvalue weighted by atomic mass is 16.3. The van der Waals surface area contributed by atoms with Gasteiger partial charge in [-0.15, -0.1) is 0 Å². The number of nitrogens with zero attached hydrogens (tertiary/aromatic N) is 1. The predicted octanol–water partition coefficient (Wildman–Crippen LogP) is 2.31. The van der Waals surface area contributed by atoms with E-state index in [1.807, 2.05) is 4.90 Å². The van der Waals surface area contributed by atoms with Crippen LogP contribution in [0.2, 0.25) is 0 Å². The zero-order valence-electron chi connectivity index (χ0n) is 13.4. The second kappa shape index (κ2) is 9.35. The first kappa shape index (κ1) is 17.4. The highest BCUT2D eigenvalue weighted by Crippen LogP contribution is 2.17. The summed E-state index contributed by atoms with van der Waals surface area (Å²) in [6.45, 7) is 6.83. The molecular weight excluding hydrogens is 252 g/mol. The highest BCUT2D eigenvalue weighted by Gasteiger charge is 2.19. The molecule has 0 spiro atoms. The van der Waals surface area contributed by atoms with E-state index < -0.39 is 6.10 Å². The Kier molecular flexibility index (Phi) is 8.15. The maximum Gasteiger partial charge on any atom is 0.234 e.